The van der Waals surface area contributed by atoms with Crippen LogP contribution in [0.4, 0.5) is 5.69 Å². The third-order valence-electron chi connectivity index (χ3n) is 8.58. The standard InChI is InChI=1S/C28H32ClN3O5/c1-16-14-28-22(21(24(34)30-3)27(16,2)37-28)26(36)32(18(15-33)13-17-9-5-4-6-10-17)23(28)25(35)31-20-12-8-7-11-19(20)29/h4-12,16,18,21-23,33H,13-15H2,1-3H3,(H,30,34)(H,31,35)/t16?,18-,21+,22+,23?,27-,28?/m1/s1. The van der Waals surface area contributed by atoms with Gasteiger partial charge in [-0.05, 0) is 43.4 Å². The second-order valence-electron chi connectivity index (χ2n) is 10.6. The maximum Gasteiger partial charge on any atom is 0.250 e. The van der Waals surface area contributed by atoms with Crippen molar-refractivity contribution in [1.29, 1.82) is 0 Å². The van der Waals surface area contributed by atoms with Gasteiger partial charge < -0.3 is 25.4 Å². The van der Waals surface area contributed by atoms with Gasteiger partial charge in [-0.1, -0.05) is 61.0 Å². The van der Waals surface area contributed by atoms with Crippen molar-refractivity contribution in [3.8, 4) is 0 Å². The van der Waals surface area contributed by atoms with Gasteiger partial charge in [-0.3, -0.25) is 14.4 Å². The molecule has 3 heterocycles. The number of halogens is 1. The van der Waals surface area contributed by atoms with E-state index in [2.05, 4.69) is 10.6 Å². The molecule has 2 bridgehead atoms. The van der Waals surface area contributed by atoms with Crippen LogP contribution in [0.3, 0.4) is 0 Å². The molecule has 9 heteroatoms. The number of amides is 3. The van der Waals surface area contributed by atoms with Gasteiger partial charge in [-0.15, -0.1) is 0 Å². The van der Waals surface area contributed by atoms with Gasteiger partial charge in [0.15, 0.2) is 0 Å². The Kier molecular flexibility index (Phi) is 6.54. The van der Waals surface area contributed by atoms with E-state index in [0.29, 0.717) is 23.6 Å². The molecule has 1 spiro atoms. The average Bonchev–Trinajstić information content (AvgIpc) is 3.40. The van der Waals surface area contributed by atoms with Gasteiger partial charge in [0.1, 0.15) is 11.6 Å². The number of anilines is 1. The highest BCUT2D eigenvalue weighted by Gasteiger charge is 2.80. The van der Waals surface area contributed by atoms with E-state index >= 15 is 0 Å². The first-order valence-electron chi connectivity index (χ1n) is 12.6. The maximum atomic E-state index is 14.2. The molecule has 3 amide bonds. The molecule has 5 rings (SSSR count). The third kappa shape index (κ3) is 3.85. The summed E-state index contributed by atoms with van der Waals surface area (Å²) in [6.45, 7) is 3.50. The van der Waals surface area contributed by atoms with Gasteiger partial charge in [0.2, 0.25) is 17.7 Å². The Morgan fingerprint density at radius 2 is 1.84 bits per heavy atom. The molecule has 0 aromatic heterocycles. The summed E-state index contributed by atoms with van der Waals surface area (Å²) in [7, 11) is 1.54. The minimum atomic E-state index is -1.21. The van der Waals surface area contributed by atoms with Gasteiger partial charge in [-0.25, -0.2) is 0 Å². The molecule has 196 valence electrons. The average molecular weight is 526 g/mol. The van der Waals surface area contributed by atoms with E-state index in [0.717, 1.165) is 5.56 Å². The Hall–Kier alpha value is -2.94. The van der Waals surface area contributed by atoms with Crippen LogP contribution in [-0.4, -0.2) is 64.7 Å². The molecule has 8 nitrogen and oxygen atoms in total. The Bertz CT molecular complexity index is 1230. The molecule has 7 atom stereocenters. The molecule has 3 unspecified atom stereocenters. The van der Waals surface area contributed by atoms with Gasteiger partial charge >= 0.3 is 0 Å². The molecule has 3 N–H and O–H groups in total. The fourth-order valence-electron chi connectivity index (χ4n) is 6.83. The number of likely N-dealkylation sites (tertiary alicyclic amines) is 1. The number of rotatable bonds is 7. The number of nitrogens with one attached hydrogen (secondary N) is 2. The fraction of sp³-hybridized carbons (Fsp3) is 0.464. The molecular formula is C28H32ClN3O5. The van der Waals surface area contributed by atoms with Crippen molar-refractivity contribution in [2.24, 2.45) is 17.8 Å². The molecule has 37 heavy (non-hydrogen) atoms. The predicted molar refractivity (Wildman–Crippen MR) is 139 cm³/mol. The van der Waals surface area contributed by atoms with E-state index in [4.69, 9.17) is 16.3 Å². The summed E-state index contributed by atoms with van der Waals surface area (Å²) < 4.78 is 6.67. The monoisotopic (exact) mass is 525 g/mol. The quantitative estimate of drug-likeness (QED) is 0.515. The van der Waals surface area contributed by atoms with Crippen molar-refractivity contribution in [1.82, 2.24) is 10.2 Å². The molecule has 3 aliphatic heterocycles. The number of aliphatic hydroxyl groups excluding tert-OH is 1. The molecule has 2 aromatic rings. The first-order valence-corrected chi connectivity index (χ1v) is 13.0. The van der Waals surface area contributed by atoms with E-state index in [1.165, 1.54) is 4.90 Å². The van der Waals surface area contributed by atoms with Crippen molar-refractivity contribution in [3.05, 3.63) is 65.2 Å². The highest BCUT2D eigenvalue weighted by molar-refractivity contribution is 6.33. The van der Waals surface area contributed by atoms with E-state index in [9.17, 15) is 19.5 Å². The lowest BCUT2D eigenvalue weighted by Gasteiger charge is -2.37. The van der Waals surface area contributed by atoms with Crippen LogP contribution in [0.2, 0.25) is 5.02 Å². The number of carbonyl (C=O) groups is 3. The van der Waals surface area contributed by atoms with Crippen molar-refractivity contribution < 1.29 is 24.2 Å². The number of hydrogen-bond donors (Lipinski definition) is 3. The zero-order valence-electron chi connectivity index (χ0n) is 21.1. The lowest BCUT2D eigenvalue weighted by atomic mass is 9.62. The minimum absolute atomic E-state index is 0.0730. The summed E-state index contributed by atoms with van der Waals surface area (Å²) in [6.07, 6.45) is 0.785. The van der Waals surface area contributed by atoms with Crippen LogP contribution >= 0.6 is 11.6 Å². The zero-order valence-corrected chi connectivity index (χ0v) is 21.9. The lowest BCUT2D eigenvalue weighted by Crippen LogP contribution is -2.57. The second-order valence-corrected chi connectivity index (χ2v) is 11.0. The summed E-state index contributed by atoms with van der Waals surface area (Å²) in [6, 6.07) is 14.6. The smallest absolute Gasteiger partial charge is 0.250 e. The Balaban J connectivity index is 1.61. The Labute approximate surface area is 221 Å². The van der Waals surface area contributed by atoms with Crippen LogP contribution in [0, 0.1) is 17.8 Å². The number of ether oxygens (including phenoxy) is 1. The first-order chi connectivity index (χ1) is 17.7. The molecular weight excluding hydrogens is 494 g/mol. The van der Waals surface area contributed by atoms with Crippen LogP contribution in [0.1, 0.15) is 25.8 Å². The molecule has 0 saturated carbocycles. The van der Waals surface area contributed by atoms with Crippen LogP contribution in [0.25, 0.3) is 0 Å². The molecule has 3 aliphatic rings. The van der Waals surface area contributed by atoms with Gasteiger partial charge in [0, 0.05) is 7.05 Å². The van der Waals surface area contributed by atoms with E-state index in [-0.39, 0.29) is 24.3 Å². The van der Waals surface area contributed by atoms with Gasteiger partial charge in [0.25, 0.3) is 0 Å². The highest BCUT2D eigenvalue weighted by atomic mass is 35.5. The van der Waals surface area contributed by atoms with E-state index < -0.39 is 41.0 Å². The highest BCUT2D eigenvalue weighted by Crippen LogP contribution is 2.65. The number of hydrogen-bond acceptors (Lipinski definition) is 5. The second kappa shape index (κ2) is 9.42. The Morgan fingerprint density at radius 1 is 1.16 bits per heavy atom. The normalized spacial score (nSPS) is 32.8. The van der Waals surface area contributed by atoms with E-state index in [1.807, 2.05) is 44.2 Å². The molecule has 0 aliphatic carbocycles. The lowest BCUT2D eigenvalue weighted by molar-refractivity contribution is -0.149. The maximum absolute atomic E-state index is 14.2. The minimum Gasteiger partial charge on any atom is -0.394 e. The predicted octanol–water partition coefficient (Wildman–Crippen LogP) is 2.64. The fourth-order valence-corrected chi connectivity index (χ4v) is 7.01. The van der Waals surface area contributed by atoms with E-state index in [1.54, 1.807) is 31.3 Å². The van der Waals surface area contributed by atoms with Crippen molar-refractivity contribution in [2.75, 3.05) is 19.0 Å². The summed E-state index contributed by atoms with van der Waals surface area (Å²) in [4.78, 5) is 42.9. The van der Waals surface area contributed by atoms with Crippen molar-refractivity contribution in [2.45, 2.75) is 50.0 Å². The molecule has 2 aromatic carbocycles. The number of para-hydroxylation sites is 1. The van der Waals surface area contributed by atoms with Crippen LogP contribution in [-0.2, 0) is 25.5 Å². The van der Waals surface area contributed by atoms with Crippen LogP contribution < -0.4 is 10.6 Å². The number of fused-ring (bicyclic) bond motifs is 1. The summed E-state index contributed by atoms with van der Waals surface area (Å²) in [5, 5.41) is 16.4. The largest absolute Gasteiger partial charge is 0.394 e. The summed E-state index contributed by atoms with van der Waals surface area (Å²) in [5.41, 5.74) is -0.774. The third-order valence-corrected chi connectivity index (χ3v) is 8.91. The Morgan fingerprint density at radius 3 is 2.49 bits per heavy atom. The number of nitrogens with zero attached hydrogens (tertiary/aromatic N) is 1. The number of aliphatic hydroxyl groups is 1. The SMILES string of the molecule is CNC(=O)[C@@H]1[C@H]2C(=O)N([C@@H](CO)Cc3ccccc3)C(C(=O)Nc3ccccc3Cl)C23CC(C)[C@@]1(C)O3. The summed E-state index contributed by atoms with van der Waals surface area (Å²) >= 11 is 6.33. The summed E-state index contributed by atoms with van der Waals surface area (Å²) in [5.74, 6) is -2.77. The van der Waals surface area contributed by atoms with Crippen molar-refractivity contribution >= 4 is 35.0 Å². The number of carbonyl (C=O) groups excluding carboxylic acids is 3. The van der Waals surface area contributed by atoms with Crippen molar-refractivity contribution in [3.63, 3.8) is 0 Å². The van der Waals surface area contributed by atoms with Crippen LogP contribution in [0.15, 0.2) is 54.6 Å². The van der Waals surface area contributed by atoms with Gasteiger partial charge in [-0.2, -0.15) is 0 Å². The molecule has 0 radical (unpaired) electrons. The van der Waals surface area contributed by atoms with Gasteiger partial charge in [0.05, 0.1) is 40.8 Å². The zero-order chi connectivity index (χ0) is 26.5. The van der Waals surface area contributed by atoms with Crippen LogP contribution in [0.5, 0.6) is 0 Å². The molecule has 3 saturated heterocycles. The molecule has 3 fully saturated rings. The topological polar surface area (TPSA) is 108 Å². The first kappa shape index (κ1) is 25.7. The number of benzene rings is 2.